The van der Waals surface area contributed by atoms with Gasteiger partial charge in [-0.3, -0.25) is 4.79 Å². The molecule has 1 heterocycles. The largest absolute Gasteiger partial charge is 0.480 e. The molecule has 0 bridgehead atoms. The molecule has 0 saturated carbocycles. The fourth-order valence-electron chi connectivity index (χ4n) is 1.86. The van der Waals surface area contributed by atoms with Gasteiger partial charge in [0.2, 0.25) is 10.0 Å². The molecule has 0 aliphatic rings. The number of hydrogen-bond donors (Lipinski definition) is 3. The van der Waals surface area contributed by atoms with Crippen molar-refractivity contribution in [2.45, 2.75) is 4.90 Å². The summed E-state index contributed by atoms with van der Waals surface area (Å²) in [5.74, 6) is -1.27. The van der Waals surface area contributed by atoms with E-state index < -0.39 is 28.2 Å². The van der Waals surface area contributed by atoms with E-state index in [0.717, 1.165) is 4.31 Å². The Hall–Kier alpha value is -2.39. The average Bonchev–Trinajstić information content (AvgIpc) is 2.76. The first kappa shape index (κ1) is 15.0. The number of nitrogens with zero attached hydrogens (tertiary/aromatic N) is 1. The number of carboxylic acids is 1. The SMILES string of the molecule is C=CCN(CC(=O)O)S(=O)(=O)c1ccc2[nH]c(=O)[nH]c2c1. The first-order chi connectivity index (χ1) is 9.84. The van der Waals surface area contributed by atoms with Crippen LogP contribution in [-0.2, 0) is 14.8 Å². The van der Waals surface area contributed by atoms with Crippen LogP contribution in [0, 0.1) is 0 Å². The number of aromatic amines is 2. The van der Waals surface area contributed by atoms with E-state index in [4.69, 9.17) is 5.11 Å². The molecule has 8 nitrogen and oxygen atoms in total. The Morgan fingerprint density at radius 2 is 2.00 bits per heavy atom. The van der Waals surface area contributed by atoms with Crippen LogP contribution in [0.1, 0.15) is 0 Å². The number of benzene rings is 1. The third-order valence-corrected chi connectivity index (χ3v) is 4.58. The van der Waals surface area contributed by atoms with E-state index >= 15 is 0 Å². The van der Waals surface area contributed by atoms with Gasteiger partial charge in [-0.05, 0) is 18.2 Å². The zero-order valence-electron chi connectivity index (χ0n) is 10.9. The van der Waals surface area contributed by atoms with Crippen molar-refractivity contribution in [1.82, 2.24) is 14.3 Å². The standard InChI is InChI=1S/C12H13N3O5S/c1-2-5-15(7-11(16)17)21(19,20)8-3-4-9-10(6-8)14-12(18)13-9/h2-4,6H,1,5,7H2,(H,16,17)(H2,13,14,18). The number of H-pyrrole nitrogens is 2. The Bertz CT molecular complexity index is 849. The topological polar surface area (TPSA) is 123 Å². The molecule has 0 spiro atoms. The van der Waals surface area contributed by atoms with E-state index in [1.54, 1.807) is 0 Å². The predicted molar refractivity (Wildman–Crippen MR) is 75.5 cm³/mol. The second-order valence-electron chi connectivity index (χ2n) is 4.27. The third-order valence-electron chi connectivity index (χ3n) is 2.77. The second-order valence-corrected chi connectivity index (χ2v) is 6.20. The highest BCUT2D eigenvalue weighted by Gasteiger charge is 2.25. The maximum atomic E-state index is 12.4. The number of imidazole rings is 1. The van der Waals surface area contributed by atoms with E-state index in [-0.39, 0.29) is 11.4 Å². The van der Waals surface area contributed by atoms with Crippen molar-refractivity contribution < 1.29 is 18.3 Å². The maximum absolute atomic E-state index is 12.4. The summed E-state index contributed by atoms with van der Waals surface area (Å²) in [6.45, 7) is 2.62. The number of carbonyl (C=O) groups is 1. The molecule has 0 saturated heterocycles. The maximum Gasteiger partial charge on any atom is 0.323 e. The van der Waals surface area contributed by atoms with Crippen molar-refractivity contribution in [3.63, 3.8) is 0 Å². The van der Waals surface area contributed by atoms with E-state index in [1.165, 1.54) is 24.3 Å². The van der Waals surface area contributed by atoms with Crippen LogP contribution >= 0.6 is 0 Å². The molecule has 0 atom stereocenters. The smallest absolute Gasteiger partial charge is 0.323 e. The lowest BCUT2D eigenvalue weighted by molar-refractivity contribution is -0.137. The minimum atomic E-state index is -4.00. The van der Waals surface area contributed by atoms with Gasteiger partial charge in [0.05, 0.1) is 15.9 Å². The molecule has 112 valence electrons. The van der Waals surface area contributed by atoms with E-state index in [0.29, 0.717) is 11.0 Å². The Morgan fingerprint density at radius 1 is 1.33 bits per heavy atom. The van der Waals surface area contributed by atoms with Gasteiger partial charge in [0.15, 0.2) is 0 Å². The summed E-state index contributed by atoms with van der Waals surface area (Å²) in [7, 11) is -4.00. The summed E-state index contributed by atoms with van der Waals surface area (Å²) < 4.78 is 25.6. The van der Waals surface area contributed by atoms with Crippen LogP contribution in [0.15, 0.2) is 40.5 Å². The highest BCUT2D eigenvalue weighted by Crippen LogP contribution is 2.19. The molecule has 0 aliphatic carbocycles. The summed E-state index contributed by atoms with van der Waals surface area (Å²) in [5, 5.41) is 8.80. The van der Waals surface area contributed by atoms with Crippen LogP contribution in [0.5, 0.6) is 0 Å². The minimum Gasteiger partial charge on any atom is -0.480 e. The van der Waals surface area contributed by atoms with Gasteiger partial charge in [-0.1, -0.05) is 6.08 Å². The van der Waals surface area contributed by atoms with Gasteiger partial charge in [-0.15, -0.1) is 6.58 Å². The molecule has 1 aromatic heterocycles. The number of fused-ring (bicyclic) bond motifs is 1. The van der Waals surface area contributed by atoms with Crippen molar-refractivity contribution in [2.24, 2.45) is 0 Å². The number of nitrogens with one attached hydrogen (secondary N) is 2. The summed E-state index contributed by atoms with van der Waals surface area (Å²) in [4.78, 5) is 26.8. The number of sulfonamides is 1. The van der Waals surface area contributed by atoms with Crippen molar-refractivity contribution in [2.75, 3.05) is 13.1 Å². The van der Waals surface area contributed by atoms with Gasteiger partial charge < -0.3 is 15.1 Å². The van der Waals surface area contributed by atoms with E-state index in [2.05, 4.69) is 16.5 Å². The molecule has 9 heteroatoms. The molecule has 0 amide bonds. The number of carboxylic acid groups (broad SMARTS) is 1. The zero-order chi connectivity index (χ0) is 15.6. The monoisotopic (exact) mass is 311 g/mol. The average molecular weight is 311 g/mol. The van der Waals surface area contributed by atoms with Gasteiger partial charge in [0.25, 0.3) is 0 Å². The molecule has 0 aliphatic heterocycles. The summed E-state index contributed by atoms with van der Waals surface area (Å²) in [6, 6.07) is 4.02. The first-order valence-electron chi connectivity index (χ1n) is 5.89. The summed E-state index contributed by atoms with van der Waals surface area (Å²) in [5.41, 5.74) is 0.343. The number of hydrogen-bond acceptors (Lipinski definition) is 4. The molecule has 3 N–H and O–H groups in total. The normalized spacial score (nSPS) is 11.9. The van der Waals surface area contributed by atoms with Crippen LogP contribution in [0.4, 0.5) is 0 Å². The molecule has 2 aromatic rings. The lowest BCUT2D eigenvalue weighted by Gasteiger charge is -2.18. The molecule has 0 fully saturated rings. The van der Waals surface area contributed by atoms with Crippen LogP contribution in [0.2, 0.25) is 0 Å². The molecule has 0 radical (unpaired) electrons. The molecular weight excluding hydrogens is 298 g/mol. The molecule has 2 rings (SSSR count). The van der Waals surface area contributed by atoms with Crippen molar-refractivity contribution >= 4 is 27.0 Å². The van der Waals surface area contributed by atoms with E-state index in [9.17, 15) is 18.0 Å². The lowest BCUT2D eigenvalue weighted by atomic mass is 10.3. The molecular formula is C12H13N3O5S. The van der Waals surface area contributed by atoms with Crippen molar-refractivity contribution in [3.05, 3.63) is 41.3 Å². The summed E-state index contributed by atoms with van der Waals surface area (Å²) in [6.07, 6.45) is 1.30. The third kappa shape index (κ3) is 3.03. The van der Waals surface area contributed by atoms with Gasteiger partial charge in [-0.25, -0.2) is 13.2 Å². The van der Waals surface area contributed by atoms with Crippen molar-refractivity contribution in [1.29, 1.82) is 0 Å². The van der Waals surface area contributed by atoms with Crippen LogP contribution in [-0.4, -0.2) is 46.9 Å². The number of rotatable bonds is 6. The lowest BCUT2D eigenvalue weighted by Crippen LogP contribution is -2.35. The van der Waals surface area contributed by atoms with E-state index in [1.807, 2.05) is 0 Å². The molecule has 1 aromatic carbocycles. The van der Waals surface area contributed by atoms with Gasteiger partial charge in [0.1, 0.15) is 6.54 Å². The fourth-order valence-corrected chi connectivity index (χ4v) is 3.25. The predicted octanol–water partition coefficient (Wildman–Crippen LogP) is 0.118. The van der Waals surface area contributed by atoms with Crippen LogP contribution in [0.25, 0.3) is 11.0 Å². The Morgan fingerprint density at radius 3 is 2.62 bits per heavy atom. The van der Waals surface area contributed by atoms with Gasteiger partial charge >= 0.3 is 11.7 Å². The van der Waals surface area contributed by atoms with Crippen LogP contribution < -0.4 is 5.69 Å². The molecule has 21 heavy (non-hydrogen) atoms. The van der Waals surface area contributed by atoms with Gasteiger partial charge in [-0.2, -0.15) is 4.31 Å². The zero-order valence-corrected chi connectivity index (χ0v) is 11.7. The minimum absolute atomic E-state index is 0.103. The Labute approximate surface area is 119 Å². The first-order valence-corrected chi connectivity index (χ1v) is 7.33. The summed E-state index contributed by atoms with van der Waals surface area (Å²) >= 11 is 0. The Balaban J connectivity index is 2.49. The fraction of sp³-hybridized carbons (Fsp3) is 0.167. The Kier molecular flexibility index (Phi) is 3.96. The highest BCUT2D eigenvalue weighted by molar-refractivity contribution is 7.89. The number of aromatic nitrogens is 2. The quantitative estimate of drug-likeness (QED) is 0.654. The van der Waals surface area contributed by atoms with Crippen molar-refractivity contribution in [3.8, 4) is 0 Å². The van der Waals surface area contributed by atoms with Gasteiger partial charge in [0, 0.05) is 6.54 Å². The number of aliphatic carboxylic acids is 1. The molecule has 0 unspecified atom stereocenters. The highest BCUT2D eigenvalue weighted by atomic mass is 32.2. The second kappa shape index (κ2) is 5.54. The van der Waals surface area contributed by atoms with Crippen LogP contribution in [0.3, 0.4) is 0 Å².